The van der Waals surface area contributed by atoms with E-state index in [1.54, 1.807) is 0 Å². The zero-order chi connectivity index (χ0) is 23.0. The van der Waals surface area contributed by atoms with E-state index in [0.29, 0.717) is 0 Å². The van der Waals surface area contributed by atoms with Crippen molar-refractivity contribution in [2.45, 2.75) is 52.7 Å². The third-order valence-corrected chi connectivity index (χ3v) is 6.84. The van der Waals surface area contributed by atoms with Crippen LogP contribution in [0.2, 0.25) is 0 Å². The Balaban J connectivity index is 2.09. The maximum Gasteiger partial charge on any atom is 0.129 e. The summed E-state index contributed by atoms with van der Waals surface area (Å²) in [6.45, 7) is 12.5. The Bertz CT molecular complexity index is 1390. The molecule has 0 aliphatic carbocycles. The van der Waals surface area contributed by atoms with Crippen LogP contribution in [0.1, 0.15) is 41.5 Å². The van der Waals surface area contributed by atoms with Crippen LogP contribution in [0.25, 0.3) is 43.1 Å². The van der Waals surface area contributed by atoms with Gasteiger partial charge in [0, 0.05) is 30.5 Å². The quantitative estimate of drug-likeness (QED) is 0.160. The molecule has 0 aliphatic heterocycles. The Morgan fingerprint density at radius 1 is 0.531 bits per heavy atom. The van der Waals surface area contributed by atoms with Crippen LogP contribution in [0.3, 0.4) is 0 Å². The summed E-state index contributed by atoms with van der Waals surface area (Å²) in [7, 11) is 0. The maximum absolute atomic E-state index is 6.52. The Labute approximate surface area is 205 Å². The van der Waals surface area contributed by atoms with Crippen molar-refractivity contribution < 1.29 is 9.47 Å². The van der Waals surface area contributed by atoms with E-state index in [-0.39, 0.29) is 11.2 Å². The van der Waals surface area contributed by atoms with Crippen molar-refractivity contribution in [3.05, 3.63) is 57.5 Å². The summed E-state index contributed by atoms with van der Waals surface area (Å²) in [5, 5.41) is 9.38. The van der Waals surface area contributed by atoms with Gasteiger partial charge >= 0.3 is 0 Å². The second-order valence-corrected chi connectivity index (χ2v) is 12.1. The van der Waals surface area contributed by atoms with Crippen molar-refractivity contribution in [1.29, 1.82) is 0 Å². The number of hydrogen-bond acceptors (Lipinski definition) is 2. The lowest BCUT2D eigenvalue weighted by molar-refractivity contribution is 0.132. The van der Waals surface area contributed by atoms with Crippen molar-refractivity contribution in [1.82, 2.24) is 0 Å². The summed E-state index contributed by atoms with van der Waals surface area (Å²) in [5.41, 5.74) is -0.630. The fourth-order valence-electron chi connectivity index (χ4n) is 4.59. The second-order valence-electron chi connectivity index (χ2n) is 10.3. The van der Waals surface area contributed by atoms with Crippen LogP contribution in [0.5, 0.6) is 11.5 Å². The minimum absolute atomic E-state index is 0.315. The number of halogens is 2. The van der Waals surface area contributed by atoms with Gasteiger partial charge < -0.3 is 9.47 Å². The number of ether oxygens (including phenoxy) is 2. The van der Waals surface area contributed by atoms with Crippen LogP contribution in [0.15, 0.2) is 57.5 Å². The number of fused-ring (bicyclic) bond motifs is 2. The predicted octanol–water partition coefficient (Wildman–Crippen LogP) is 9.62. The topological polar surface area (TPSA) is 18.5 Å². The molecule has 4 heteroatoms. The molecule has 0 saturated heterocycles. The largest absolute Gasteiger partial charge is 0.487 e. The van der Waals surface area contributed by atoms with Crippen LogP contribution in [-0.4, -0.2) is 11.2 Å². The summed E-state index contributed by atoms with van der Waals surface area (Å²) >= 11 is 7.63. The van der Waals surface area contributed by atoms with E-state index in [9.17, 15) is 0 Å². The van der Waals surface area contributed by atoms with Crippen molar-refractivity contribution in [3.63, 3.8) is 0 Å². The second kappa shape index (κ2) is 7.23. The number of hydrogen-bond donors (Lipinski definition) is 0. The molecule has 0 radical (unpaired) electrons. The number of rotatable bonds is 2. The molecule has 0 bridgehead atoms. The zero-order valence-corrected chi connectivity index (χ0v) is 22.4. The molecule has 0 aromatic heterocycles. The Morgan fingerprint density at radius 2 is 0.875 bits per heavy atom. The normalized spacial score (nSPS) is 13.0. The molecule has 164 valence electrons. The molecule has 0 heterocycles. The molecule has 0 amide bonds. The van der Waals surface area contributed by atoms with E-state index in [4.69, 9.17) is 9.47 Å². The fourth-order valence-corrected chi connectivity index (χ4v) is 5.67. The minimum Gasteiger partial charge on any atom is -0.487 e. The lowest BCUT2D eigenvalue weighted by atomic mass is 9.88. The third kappa shape index (κ3) is 3.52. The summed E-state index contributed by atoms with van der Waals surface area (Å²) in [6, 6.07) is 17.2. The van der Waals surface area contributed by atoms with Crippen LogP contribution < -0.4 is 9.47 Å². The van der Waals surface area contributed by atoms with Gasteiger partial charge in [-0.2, -0.15) is 0 Å². The van der Waals surface area contributed by atoms with E-state index >= 15 is 0 Å². The summed E-state index contributed by atoms with van der Waals surface area (Å²) in [4.78, 5) is 0. The molecule has 5 rings (SSSR count). The minimum atomic E-state index is -0.315. The van der Waals surface area contributed by atoms with Gasteiger partial charge in [-0.25, -0.2) is 0 Å². The smallest absolute Gasteiger partial charge is 0.129 e. The van der Waals surface area contributed by atoms with E-state index in [0.717, 1.165) is 31.2 Å². The van der Waals surface area contributed by atoms with Gasteiger partial charge in [0.25, 0.3) is 0 Å². The Morgan fingerprint density at radius 3 is 1.22 bits per heavy atom. The highest BCUT2D eigenvalue weighted by Gasteiger charge is 2.25. The molecular weight excluding hydrogens is 528 g/mol. The van der Waals surface area contributed by atoms with Gasteiger partial charge in [0.2, 0.25) is 0 Å². The number of benzene rings is 5. The van der Waals surface area contributed by atoms with E-state index in [2.05, 4.69) is 122 Å². The van der Waals surface area contributed by atoms with Crippen molar-refractivity contribution in [2.75, 3.05) is 0 Å². The molecule has 0 fully saturated rings. The average Bonchev–Trinajstić information content (AvgIpc) is 2.66. The third-order valence-electron chi connectivity index (χ3n) is 5.52. The average molecular weight is 554 g/mol. The maximum atomic E-state index is 6.52. The molecule has 0 N–H and O–H groups in total. The first-order chi connectivity index (χ1) is 14.9. The van der Waals surface area contributed by atoms with Gasteiger partial charge in [0.1, 0.15) is 22.7 Å². The van der Waals surface area contributed by atoms with E-state index in [1.165, 1.54) is 32.3 Å². The van der Waals surface area contributed by atoms with Crippen molar-refractivity contribution in [3.8, 4) is 11.5 Å². The van der Waals surface area contributed by atoms with Gasteiger partial charge in [-0.15, -0.1) is 0 Å². The Kier molecular flexibility index (Phi) is 4.92. The highest BCUT2D eigenvalue weighted by atomic mass is 79.9. The van der Waals surface area contributed by atoms with E-state index < -0.39 is 0 Å². The highest BCUT2D eigenvalue weighted by Crippen LogP contribution is 2.50. The first-order valence-corrected chi connectivity index (χ1v) is 12.4. The van der Waals surface area contributed by atoms with Crippen LogP contribution >= 0.6 is 31.9 Å². The monoisotopic (exact) mass is 552 g/mol. The summed E-state index contributed by atoms with van der Waals surface area (Å²) < 4.78 is 15.1. The van der Waals surface area contributed by atoms with Gasteiger partial charge in [0.05, 0.1) is 0 Å². The lowest BCUT2D eigenvalue weighted by Gasteiger charge is -2.27. The SMILES string of the molecule is CC(C)(C)Oc1cc(Br)c2cccc3c4c(OC(C)(C)C)cc(Br)c5cccc(c1c23)c54. The standard InChI is InChI=1S/C28H26Br2O2/c1-27(2,3)31-21-13-19(29)15-9-8-12-18-23(15)25(21)17-11-7-10-16-20(30)14-22(26(18)24(16)17)32-28(4,5)6/h7-14H,1-6H3. The van der Waals surface area contributed by atoms with Crippen LogP contribution in [0, 0.1) is 0 Å². The summed E-state index contributed by atoms with van der Waals surface area (Å²) in [6.07, 6.45) is 0. The molecule has 0 atom stereocenters. The molecule has 5 aromatic carbocycles. The predicted molar refractivity (Wildman–Crippen MR) is 144 cm³/mol. The van der Waals surface area contributed by atoms with Gasteiger partial charge in [-0.05, 0) is 75.2 Å². The molecule has 5 aromatic rings. The van der Waals surface area contributed by atoms with Crippen LogP contribution in [-0.2, 0) is 0 Å². The Hall–Kier alpha value is -2.04. The molecule has 0 aliphatic rings. The molecule has 2 nitrogen and oxygen atoms in total. The molecule has 0 saturated carbocycles. The first kappa shape index (κ1) is 21.8. The zero-order valence-electron chi connectivity index (χ0n) is 19.2. The lowest BCUT2D eigenvalue weighted by Crippen LogP contribution is -2.23. The molecular formula is C28H26Br2O2. The van der Waals surface area contributed by atoms with Gasteiger partial charge in [-0.1, -0.05) is 68.3 Å². The molecule has 0 spiro atoms. The summed E-state index contributed by atoms with van der Waals surface area (Å²) in [5.74, 6) is 1.78. The molecule has 0 unspecified atom stereocenters. The van der Waals surface area contributed by atoms with Crippen molar-refractivity contribution >= 4 is 74.9 Å². The van der Waals surface area contributed by atoms with E-state index in [1.807, 2.05) is 0 Å². The fraction of sp³-hybridized carbons (Fsp3) is 0.286. The first-order valence-electron chi connectivity index (χ1n) is 10.8. The molecule has 32 heavy (non-hydrogen) atoms. The highest BCUT2D eigenvalue weighted by molar-refractivity contribution is 9.11. The van der Waals surface area contributed by atoms with Crippen molar-refractivity contribution in [2.24, 2.45) is 0 Å². The van der Waals surface area contributed by atoms with Crippen LogP contribution in [0.4, 0.5) is 0 Å². The van der Waals surface area contributed by atoms with Gasteiger partial charge in [0.15, 0.2) is 0 Å². The van der Waals surface area contributed by atoms with Gasteiger partial charge in [-0.3, -0.25) is 0 Å².